The number of aromatic nitrogens is 1. The predicted molar refractivity (Wildman–Crippen MR) is 129 cm³/mol. The van der Waals surface area contributed by atoms with Crippen LogP contribution in [0.5, 0.6) is 0 Å². The van der Waals surface area contributed by atoms with Gasteiger partial charge in [-0.1, -0.05) is 6.07 Å². The molecule has 0 aromatic carbocycles. The monoisotopic (exact) mass is 480 g/mol. The lowest BCUT2D eigenvalue weighted by Crippen LogP contribution is -2.56. The van der Waals surface area contributed by atoms with Crippen LogP contribution in [0.2, 0.25) is 0 Å². The number of pyridine rings is 1. The van der Waals surface area contributed by atoms with Gasteiger partial charge in [-0.2, -0.15) is 0 Å². The molecule has 4 saturated carbocycles. The van der Waals surface area contributed by atoms with Crippen molar-refractivity contribution in [3.63, 3.8) is 0 Å². The molecule has 1 atom stereocenters. The molecule has 0 N–H and O–H groups in total. The van der Waals surface area contributed by atoms with Crippen LogP contribution in [0.4, 0.5) is 5.82 Å². The normalized spacial score (nSPS) is 33.8. The average Bonchev–Trinajstić information content (AvgIpc) is 3.36. The van der Waals surface area contributed by atoms with Crippen LogP contribution in [-0.2, 0) is 19.1 Å². The summed E-state index contributed by atoms with van der Waals surface area (Å²) in [5.74, 6) is 2.58. The molecule has 1 unspecified atom stereocenters. The van der Waals surface area contributed by atoms with E-state index in [1.165, 1.54) is 19.3 Å². The van der Waals surface area contributed by atoms with E-state index in [0.29, 0.717) is 56.9 Å². The Morgan fingerprint density at radius 2 is 1.63 bits per heavy atom. The second-order valence-corrected chi connectivity index (χ2v) is 11.5. The van der Waals surface area contributed by atoms with Crippen LogP contribution >= 0.6 is 0 Å². The van der Waals surface area contributed by atoms with E-state index >= 15 is 0 Å². The Balaban J connectivity index is 1.02. The zero-order chi connectivity index (χ0) is 24.0. The molecule has 2 aliphatic heterocycles. The average molecular weight is 481 g/mol. The van der Waals surface area contributed by atoms with Gasteiger partial charge in [0.25, 0.3) is 5.91 Å². The first-order chi connectivity index (χ1) is 17.0. The fourth-order valence-corrected chi connectivity index (χ4v) is 7.98. The third-order valence-electron chi connectivity index (χ3n) is 9.22. The standard InChI is InChI=1S/C27H36N4O4/c32-24(30-10-8-29(9-11-30)23-5-1-2-6-28-23)18-35-25(33)22-4-3-7-31(22)26(34)27-15-19-12-20(16-27)14-21(13-19)17-27/h1-2,5-6,19-22H,3-4,7-18H2. The van der Waals surface area contributed by atoms with Gasteiger partial charge in [-0.25, -0.2) is 9.78 Å². The first-order valence-electron chi connectivity index (χ1n) is 13.4. The van der Waals surface area contributed by atoms with Crippen LogP contribution in [-0.4, -0.2) is 77.9 Å². The first-order valence-corrected chi connectivity index (χ1v) is 13.4. The number of likely N-dealkylation sites (tertiary alicyclic amines) is 1. The number of hydrogen-bond donors (Lipinski definition) is 0. The molecule has 4 bridgehead atoms. The number of piperazine rings is 1. The smallest absolute Gasteiger partial charge is 0.329 e. The van der Waals surface area contributed by atoms with Crippen LogP contribution in [0.3, 0.4) is 0 Å². The third kappa shape index (κ3) is 4.29. The number of rotatable bonds is 5. The molecule has 3 heterocycles. The van der Waals surface area contributed by atoms with Gasteiger partial charge in [0.2, 0.25) is 5.91 Å². The van der Waals surface area contributed by atoms with Crippen molar-refractivity contribution in [1.29, 1.82) is 0 Å². The Morgan fingerprint density at radius 3 is 2.26 bits per heavy atom. The fourth-order valence-electron chi connectivity index (χ4n) is 7.98. The van der Waals surface area contributed by atoms with Crippen molar-refractivity contribution in [3.05, 3.63) is 24.4 Å². The van der Waals surface area contributed by atoms with Crippen molar-refractivity contribution < 1.29 is 19.1 Å². The quantitative estimate of drug-likeness (QED) is 0.602. The zero-order valence-electron chi connectivity index (χ0n) is 20.4. The number of carbonyl (C=O) groups is 3. The van der Waals surface area contributed by atoms with E-state index in [1.54, 1.807) is 11.1 Å². The van der Waals surface area contributed by atoms with Crippen LogP contribution in [0.25, 0.3) is 0 Å². The highest BCUT2D eigenvalue weighted by Crippen LogP contribution is 2.60. The second-order valence-electron chi connectivity index (χ2n) is 11.5. The lowest BCUT2D eigenvalue weighted by atomic mass is 9.49. The maximum absolute atomic E-state index is 13.8. The number of ether oxygens (including phenoxy) is 1. The molecule has 2 saturated heterocycles. The summed E-state index contributed by atoms with van der Waals surface area (Å²) < 4.78 is 5.50. The van der Waals surface area contributed by atoms with Gasteiger partial charge in [-0.05, 0) is 81.3 Å². The van der Waals surface area contributed by atoms with Crippen molar-refractivity contribution in [1.82, 2.24) is 14.8 Å². The minimum Gasteiger partial charge on any atom is -0.454 e. The van der Waals surface area contributed by atoms with E-state index in [1.807, 2.05) is 23.1 Å². The van der Waals surface area contributed by atoms with Crippen molar-refractivity contribution in [2.45, 2.75) is 57.4 Å². The highest BCUT2D eigenvalue weighted by atomic mass is 16.5. The summed E-state index contributed by atoms with van der Waals surface area (Å²) in [5, 5.41) is 0. The third-order valence-corrected chi connectivity index (χ3v) is 9.22. The molecule has 6 fully saturated rings. The summed E-state index contributed by atoms with van der Waals surface area (Å²) in [6.07, 6.45) is 10.1. The minimum atomic E-state index is -0.538. The molecule has 8 nitrogen and oxygen atoms in total. The molecule has 8 heteroatoms. The Labute approximate surface area is 207 Å². The van der Waals surface area contributed by atoms with E-state index in [9.17, 15) is 14.4 Å². The summed E-state index contributed by atoms with van der Waals surface area (Å²) in [7, 11) is 0. The predicted octanol–water partition coefficient (Wildman–Crippen LogP) is 2.48. The molecule has 188 valence electrons. The van der Waals surface area contributed by atoms with Crippen molar-refractivity contribution in [2.75, 3.05) is 44.2 Å². The fraction of sp³-hybridized carbons (Fsp3) is 0.704. The van der Waals surface area contributed by atoms with Crippen molar-refractivity contribution >= 4 is 23.6 Å². The Kier molecular flexibility index (Phi) is 5.93. The van der Waals surface area contributed by atoms with Crippen LogP contribution in [0, 0.1) is 23.2 Å². The van der Waals surface area contributed by atoms with Gasteiger partial charge < -0.3 is 19.4 Å². The maximum Gasteiger partial charge on any atom is 0.329 e. The summed E-state index contributed by atoms with van der Waals surface area (Å²) in [6, 6.07) is 5.28. The topological polar surface area (TPSA) is 83.1 Å². The second kappa shape index (κ2) is 9.10. The van der Waals surface area contributed by atoms with E-state index in [0.717, 1.165) is 31.5 Å². The van der Waals surface area contributed by atoms with Crippen molar-refractivity contribution in [2.24, 2.45) is 23.2 Å². The van der Waals surface area contributed by atoms with Crippen LogP contribution in [0.1, 0.15) is 51.4 Å². The molecule has 1 aromatic heterocycles. The van der Waals surface area contributed by atoms with Gasteiger partial charge in [0.05, 0.1) is 5.41 Å². The Hall–Kier alpha value is -2.64. The summed E-state index contributed by atoms with van der Waals surface area (Å²) in [4.78, 5) is 49.6. The molecule has 6 aliphatic rings. The highest BCUT2D eigenvalue weighted by Gasteiger charge is 2.57. The number of amides is 2. The highest BCUT2D eigenvalue weighted by molar-refractivity contribution is 5.90. The van der Waals surface area contributed by atoms with E-state index < -0.39 is 12.0 Å². The van der Waals surface area contributed by atoms with Gasteiger partial charge >= 0.3 is 5.97 Å². The molecule has 1 aromatic rings. The van der Waals surface area contributed by atoms with Gasteiger partial charge in [0.15, 0.2) is 6.61 Å². The van der Waals surface area contributed by atoms with E-state index in [2.05, 4.69) is 9.88 Å². The molecule has 2 amide bonds. The molecule has 0 radical (unpaired) electrons. The number of anilines is 1. The van der Waals surface area contributed by atoms with E-state index in [4.69, 9.17) is 4.74 Å². The minimum absolute atomic E-state index is 0.170. The molecule has 4 aliphatic carbocycles. The first kappa shape index (κ1) is 22.8. The lowest BCUT2D eigenvalue weighted by Gasteiger charge is -2.56. The van der Waals surface area contributed by atoms with Crippen LogP contribution in [0.15, 0.2) is 24.4 Å². The number of hydrogen-bond acceptors (Lipinski definition) is 6. The van der Waals surface area contributed by atoms with Crippen LogP contribution < -0.4 is 4.90 Å². The lowest BCUT2D eigenvalue weighted by molar-refractivity contribution is -0.166. The molecule has 0 spiro atoms. The summed E-state index contributed by atoms with van der Waals surface area (Å²) in [6.45, 7) is 2.93. The van der Waals surface area contributed by atoms with Gasteiger partial charge in [-0.15, -0.1) is 0 Å². The molecular formula is C27H36N4O4. The molecule has 7 rings (SSSR count). The number of esters is 1. The Bertz CT molecular complexity index is 939. The number of nitrogens with zero attached hydrogens (tertiary/aromatic N) is 4. The van der Waals surface area contributed by atoms with Gasteiger partial charge in [0, 0.05) is 38.9 Å². The van der Waals surface area contributed by atoms with Gasteiger partial charge in [0.1, 0.15) is 11.9 Å². The van der Waals surface area contributed by atoms with Gasteiger partial charge in [-0.3, -0.25) is 9.59 Å². The summed E-state index contributed by atoms with van der Waals surface area (Å²) >= 11 is 0. The molecular weight excluding hydrogens is 444 g/mol. The zero-order valence-corrected chi connectivity index (χ0v) is 20.4. The Morgan fingerprint density at radius 1 is 0.943 bits per heavy atom. The SMILES string of the molecule is O=C(OCC(=O)N1CCN(c2ccccn2)CC1)C1CCCN1C(=O)C12CC3CC(CC(C3)C1)C2. The summed E-state index contributed by atoms with van der Waals surface area (Å²) in [5.41, 5.74) is -0.249. The maximum atomic E-state index is 13.8. The van der Waals surface area contributed by atoms with Crippen molar-refractivity contribution in [3.8, 4) is 0 Å². The number of carbonyl (C=O) groups excluding carboxylic acids is 3. The van der Waals surface area contributed by atoms with E-state index in [-0.39, 0.29) is 23.8 Å². The molecule has 35 heavy (non-hydrogen) atoms. The largest absolute Gasteiger partial charge is 0.454 e.